The second-order valence-corrected chi connectivity index (χ2v) is 5.83. The first-order valence-corrected chi connectivity index (χ1v) is 7.20. The zero-order valence-electron chi connectivity index (χ0n) is 12.2. The molecule has 0 bridgehead atoms. The molecule has 4 nitrogen and oxygen atoms in total. The van der Waals surface area contributed by atoms with E-state index >= 15 is 0 Å². The maximum atomic E-state index is 11.0. The van der Waals surface area contributed by atoms with Crippen LogP contribution in [0.3, 0.4) is 0 Å². The summed E-state index contributed by atoms with van der Waals surface area (Å²) in [6, 6.07) is 7.64. The Morgan fingerprint density at radius 2 is 2.30 bits per heavy atom. The van der Waals surface area contributed by atoms with Crippen LogP contribution in [0.1, 0.15) is 36.2 Å². The third-order valence-corrected chi connectivity index (χ3v) is 3.65. The van der Waals surface area contributed by atoms with Gasteiger partial charge in [0.05, 0.1) is 18.8 Å². The van der Waals surface area contributed by atoms with Crippen LogP contribution in [0.5, 0.6) is 0 Å². The van der Waals surface area contributed by atoms with Crippen molar-refractivity contribution in [3.05, 3.63) is 35.4 Å². The molecule has 1 N–H and O–H groups in total. The van der Waals surface area contributed by atoms with Crippen LogP contribution in [0.15, 0.2) is 24.3 Å². The molecule has 0 spiro atoms. The van der Waals surface area contributed by atoms with Gasteiger partial charge in [-0.3, -0.25) is 4.90 Å². The lowest BCUT2D eigenvalue weighted by molar-refractivity contribution is -0.0186. The Bertz CT molecular complexity index is 459. The maximum absolute atomic E-state index is 11.0. The fraction of sp³-hybridized carbons (Fsp3) is 0.562. The number of aromatic carboxylic acids is 1. The van der Waals surface area contributed by atoms with E-state index in [1.54, 1.807) is 12.1 Å². The number of carboxylic acids is 1. The van der Waals surface area contributed by atoms with Crippen molar-refractivity contribution < 1.29 is 14.6 Å². The van der Waals surface area contributed by atoms with Gasteiger partial charge < -0.3 is 9.84 Å². The molecule has 1 aromatic rings. The Labute approximate surface area is 120 Å². The Balaban J connectivity index is 2.06. The van der Waals surface area contributed by atoms with Crippen LogP contribution in [0.25, 0.3) is 0 Å². The third kappa shape index (κ3) is 4.05. The van der Waals surface area contributed by atoms with Crippen LogP contribution in [-0.2, 0) is 11.3 Å². The summed E-state index contributed by atoms with van der Waals surface area (Å²) in [6.07, 6.45) is 1.11. The van der Waals surface area contributed by atoms with Crippen molar-refractivity contribution in [3.8, 4) is 0 Å². The van der Waals surface area contributed by atoms with Crippen molar-refractivity contribution in [2.75, 3.05) is 19.8 Å². The highest BCUT2D eigenvalue weighted by Crippen LogP contribution is 2.19. The van der Waals surface area contributed by atoms with E-state index < -0.39 is 5.97 Å². The van der Waals surface area contributed by atoms with Gasteiger partial charge in [0.1, 0.15) is 0 Å². The first-order valence-electron chi connectivity index (χ1n) is 7.20. The van der Waals surface area contributed by atoms with E-state index in [9.17, 15) is 4.79 Å². The summed E-state index contributed by atoms with van der Waals surface area (Å²) in [5.74, 6) is -0.234. The van der Waals surface area contributed by atoms with E-state index in [4.69, 9.17) is 9.84 Å². The largest absolute Gasteiger partial charge is 0.478 e. The summed E-state index contributed by atoms with van der Waals surface area (Å²) < 4.78 is 5.58. The molecule has 0 aromatic heterocycles. The number of hydrogen-bond acceptors (Lipinski definition) is 3. The van der Waals surface area contributed by atoms with Gasteiger partial charge in [0.15, 0.2) is 0 Å². The number of hydrogen-bond donors (Lipinski definition) is 1. The van der Waals surface area contributed by atoms with Crippen LogP contribution < -0.4 is 0 Å². The minimum absolute atomic E-state index is 0.358. The van der Waals surface area contributed by atoms with Gasteiger partial charge >= 0.3 is 5.97 Å². The first kappa shape index (κ1) is 15.0. The van der Waals surface area contributed by atoms with Gasteiger partial charge in [-0.2, -0.15) is 0 Å². The number of carboxylic acid groups (broad SMARTS) is 1. The molecule has 0 amide bonds. The van der Waals surface area contributed by atoms with E-state index in [-0.39, 0.29) is 0 Å². The molecule has 4 heteroatoms. The zero-order valence-corrected chi connectivity index (χ0v) is 12.2. The Kier molecular flexibility index (Phi) is 5.15. The quantitative estimate of drug-likeness (QED) is 0.899. The lowest BCUT2D eigenvalue weighted by atomic mass is 10.0. The lowest BCUT2D eigenvalue weighted by Gasteiger charge is -2.36. The van der Waals surface area contributed by atoms with Crippen molar-refractivity contribution in [1.29, 1.82) is 0 Å². The smallest absolute Gasteiger partial charge is 0.335 e. The number of ether oxygens (including phenoxy) is 1. The monoisotopic (exact) mass is 277 g/mol. The van der Waals surface area contributed by atoms with Crippen molar-refractivity contribution >= 4 is 5.97 Å². The summed E-state index contributed by atoms with van der Waals surface area (Å²) in [4.78, 5) is 13.4. The van der Waals surface area contributed by atoms with E-state index in [1.807, 2.05) is 12.1 Å². The van der Waals surface area contributed by atoms with Crippen LogP contribution in [0.2, 0.25) is 0 Å². The van der Waals surface area contributed by atoms with Crippen molar-refractivity contribution in [2.45, 2.75) is 32.9 Å². The van der Waals surface area contributed by atoms with Crippen LogP contribution in [-0.4, -0.2) is 41.8 Å². The standard InChI is InChI=1S/C16H23NO3/c1-12(2)8-15-11-20-7-6-17(15)10-13-4-3-5-14(9-13)16(18)19/h3-5,9,12,15H,6-8,10-11H2,1-2H3,(H,18,19). The van der Waals surface area contributed by atoms with Gasteiger partial charge in [-0.15, -0.1) is 0 Å². The van der Waals surface area contributed by atoms with Crippen LogP contribution in [0.4, 0.5) is 0 Å². The number of carbonyl (C=O) groups is 1. The topological polar surface area (TPSA) is 49.8 Å². The summed E-state index contributed by atoms with van der Waals surface area (Å²) in [5, 5.41) is 9.05. The maximum Gasteiger partial charge on any atom is 0.335 e. The molecule has 1 fully saturated rings. The number of nitrogens with zero attached hydrogens (tertiary/aromatic N) is 1. The fourth-order valence-corrected chi connectivity index (χ4v) is 2.70. The summed E-state index contributed by atoms with van der Waals surface area (Å²) in [6.45, 7) is 7.68. The molecule has 1 aliphatic heterocycles. The van der Waals surface area contributed by atoms with Gasteiger partial charge in [-0.25, -0.2) is 4.79 Å². The number of benzene rings is 1. The highest BCUT2D eigenvalue weighted by Gasteiger charge is 2.23. The second kappa shape index (κ2) is 6.86. The normalized spacial score (nSPS) is 20.2. The van der Waals surface area contributed by atoms with E-state index in [2.05, 4.69) is 18.7 Å². The van der Waals surface area contributed by atoms with Crippen LogP contribution in [0, 0.1) is 5.92 Å². The fourth-order valence-electron chi connectivity index (χ4n) is 2.70. The Morgan fingerprint density at radius 1 is 1.50 bits per heavy atom. The molecule has 1 unspecified atom stereocenters. The summed E-state index contributed by atoms with van der Waals surface area (Å²) in [7, 11) is 0. The highest BCUT2D eigenvalue weighted by molar-refractivity contribution is 5.87. The molecule has 1 aromatic carbocycles. The van der Waals surface area contributed by atoms with Crippen molar-refractivity contribution in [2.24, 2.45) is 5.92 Å². The number of morpholine rings is 1. The molecule has 1 heterocycles. The minimum atomic E-state index is -0.868. The third-order valence-electron chi connectivity index (χ3n) is 3.65. The van der Waals surface area contributed by atoms with Gasteiger partial charge in [-0.05, 0) is 30.0 Å². The predicted octanol–water partition coefficient (Wildman–Crippen LogP) is 2.63. The molecule has 1 saturated heterocycles. The van der Waals surface area contributed by atoms with Gasteiger partial charge in [0.2, 0.25) is 0 Å². The molecule has 0 saturated carbocycles. The van der Waals surface area contributed by atoms with Gasteiger partial charge in [0, 0.05) is 19.1 Å². The van der Waals surface area contributed by atoms with Gasteiger partial charge in [-0.1, -0.05) is 26.0 Å². The van der Waals surface area contributed by atoms with Crippen LogP contribution >= 0.6 is 0 Å². The molecule has 20 heavy (non-hydrogen) atoms. The van der Waals surface area contributed by atoms with Gasteiger partial charge in [0.25, 0.3) is 0 Å². The molecule has 110 valence electrons. The zero-order chi connectivity index (χ0) is 14.5. The van der Waals surface area contributed by atoms with Crippen molar-refractivity contribution in [3.63, 3.8) is 0 Å². The molecule has 0 radical (unpaired) electrons. The number of rotatable bonds is 5. The predicted molar refractivity (Wildman–Crippen MR) is 77.9 cm³/mol. The molecule has 1 atom stereocenters. The Hall–Kier alpha value is -1.39. The highest BCUT2D eigenvalue weighted by atomic mass is 16.5. The average Bonchev–Trinajstić information content (AvgIpc) is 2.41. The first-order chi connectivity index (χ1) is 9.56. The second-order valence-electron chi connectivity index (χ2n) is 5.83. The van der Waals surface area contributed by atoms with E-state index in [1.165, 1.54) is 0 Å². The summed E-state index contributed by atoms with van der Waals surface area (Å²) >= 11 is 0. The van der Waals surface area contributed by atoms with E-state index in [0.29, 0.717) is 17.5 Å². The molecular weight excluding hydrogens is 254 g/mol. The van der Waals surface area contributed by atoms with E-state index in [0.717, 1.165) is 38.3 Å². The molecular formula is C16H23NO3. The average molecular weight is 277 g/mol. The molecule has 0 aliphatic carbocycles. The Morgan fingerprint density at radius 3 is 3.00 bits per heavy atom. The molecule has 2 rings (SSSR count). The van der Waals surface area contributed by atoms with Crippen molar-refractivity contribution in [1.82, 2.24) is 4.90 Å². The minimum Gasteiger partial charge on any atom is -0.478 e. The molecule has 1 aliphatic rings. The lowest BCUT2D eigenvalue weighted by Crippen LogP contribution is -2.45. The SMILES string of the molecule is CC(C)CC1COCCN1Cc1cccc(C(=O)O)c1. The summed E-state index contributed by atoms with van der Waals surface area (Å²) in [5.41, 5.74) is 1.41.